The van der Waals surface area contributed by atoms with Crippen molar-refractivity contribution in [2.45, 2.75) is 45.3 Å². The van der Waals surface area contributed by atoms with Crippen LogP contribution in [0.5, 0.6) is 5.75 Å². The highest BCUT2D eigenvalue weighted by molar-refractivity contribution is 5.90. The van der Waals surface area contributed by atoms with E-state index in [1.807, 2.05) is 13.8 Å². The van der Waals surface area contributed by atoms with Crippen molar-refractivity contribution >= 4 is 17.6 Å². The van der Waals surface area contributed by atoms with Gasteiger partial charge >= 0.3 is 0 Å². The number of anilines is 1. The van der Waals surface area contributed by atoms with Crippen molar-refractivity contribution in [3.8, 4) is 5.75 Å². The third kappa shape index (κ3) is 6.73. The standard InChI is InChI=1S/C22H31N5O3/c1-4-14(2)20(24-3)22(30)27-18(11-15-5-8-17(28)9-6-15)21(29)26-13-16-7-10-19(23)25-12-16/h5-10,12,14,18,20,24,28H,4,11,13H2,1-3H3,(H2,23,25)(H,26,29)(H,27,30)/t14?,18-,20+/m0/s1. The number of nitrogens with one attached hydrogen (secondary N) is 3. The summed E-state index contributed by atoms with van der Waals surface area (Å²) in [6.07, 6.45) is 2.73. The van der Waals surface area contributed by atoms with Crippen LogP contribution in [-0.4, -0.2) is 41.0 Å². The molecule has 1 aromatic carbocycles. The van der Waals surface area contributed by atoms with Gasteiger partial charge in [0, 0.05) is 19.2 Å². The first kappa shape index (κ1) is 23.2. The molecule has 0 spiro atoms. The minimum atomic E-state index is -0.760. The highest BCUT2D eigenvalue weighted by Gasteiger charge is 2.27. The Kier molecular flexibility index (Phi) is 8.61. The zero-order valence-corrected chi connectivity index (χ0v) is 17.7. The summed E-state index contributed by atoms with van der Waals surface area (Å²) in [4.78, 5) is 29.7. The molecule has 2 amide bonds. The van der Waals surface area contributed by atoms with E-state index in [2.05, 4.69) is 20.9 Å². The number of nitrogens with two attached hydrogens (primary N) is 1. The number of carbonyl (C=O) groups is 2. The van der Waals surface area contributed by atoms with E-state index < -0.39 is 12.1 Å². The molecule has 0 radical (unpaired) electrons. The second-order valence-corrected chi connectivity index (χ2v) is 7.39. The Morgan fingerprint density at radius 1 is 1.10 bits per heavy atom. The number of hydrogen-bond acceptors (Lipinski definition) is 6. The molecule has 30 heavy (non-hydrogen) atoms. The number of rotatable bonds is 10. The van der Waals surface area contributed by atoms with Crippen molar-refractivity contribution in [2.75, 3.05) is 12.8 Å². The van der Waals surface area contributed by atoms with E-state index in [9.17, 15) is 14.7 Å². The van der Waals surface area contributed by atoms with E-state index in [1.54, 1.807) is 49.6 Å². The van der Waals surface area contributed by atoms with Crippen LogP contribution in [-0.2, 0) is 22.6 Å². The van der Waals surface area contributed by atoms with Crippen LogP contribution < -0.4 is 21.7 Å². The monoisotopic (exact) mass is 413 g/mol. The maximum atomic E-state index is 12.9. The lowest BCUT2D eigenvalue weighted by atomic mass is 9.97. The number of nitrogens with zero attached hydrogens (tertiary/aromatic N) is 1. The van der Waals surface area contributed by atoms with Gasteiger partial charge < -0.3 is 26.8 Å². The summed E-state index contributed by atoms with van der Waals surface area (Å²) in [7, 11) is 1.74. The van der Waals surface area contributed by atoms with E-state index in [4.69, 9.17) is 5.73 Å². The number of benzene rings is 1. The van der Waals surface area contributed by atoms with Gasteiger partial charge in [-0.15, -0.1) is 0 Å². The molecule has 1 heterocycles. The number of nitrogen functional groups attached to an aromatic ring is 1. The largest absolute Gasteiger partial charge is 0.508 e. The van der Waals surface area contributed by atoms with Crippen molar-refractivity contribution in [3.63, 3.8) is 0 Å². The van der Waals surface area contributed by atoms with E-state index in [-0.39, 0.29) is 30.0 Å². The van der Waals surface area contributed by atoms with Crippen LogP contribution in [0.25, 0.3) is 0 Å². The minimum absolute atomic E-state index is 0.119. The maximum Gasteiger partial charge on any atom is 0.243 e. The van der Waals surface area contributed by atoms with Crippen LogP contribution >= 0.6 is 0 Å². The second-order valence-electron chi connectivity index (χ2n) is 7.39. The SMILES string of the molecule is CCC(C)[C@@H](NC)C(=O)N[C@@H](Cc1ccc(O)cc1)C(=O)NCc1ccc(N)nc1. The van der Waals surface area contributed by atoms with E-state index >= 15 is 0 Å². The molecule has 8 nitrogen and oxygen atoms in total. The Balaban J connectivity index is 2.12. The number of pyridine rings is 1. The smallest absolute Gasteiger partial charge is 0.243 e. The molecule has 0 bridgehead atoms. The first-order valence-electron chi connectivity index (χ1n) is 10.1. The molecule has 0 aliphatic rings. The Morgan fingerprint density at radius 2 is 1.77 bits per heavy atom. The fourth-order valence-corrected chi connectivity index (χ4v) is 3.10. The van der Waals surface area contributed by atoms with E-state index in [0.29, 0.717) is 12.2 Å². The first-order valence-corrected chi connectivity index (χ1v) is 10.1. The zero-order chi connectivity index (χ0) is 22.1. The summed E-state index contributed by atoms with van der Waals surface area (Å²) in [6.45, 7) is 4.28. The molecular weight excluding hydrogens is 382 g/mol. The highest BCUT2D eigenvalue weighted by Crippen LogP contribution is 2.13. The van der Waals surface area contributed by atoms with Gasteiger partial charge in [0.25, 0.3) is 0 Å². The van der Waals surface area contributed by atoms with Crippen molar-refractivity contribution in [2.24, 2.45) is 5.92 Å². The number of phenols is 1. The van der Waals surface area contributed by atoms with Crippen LogP contribution in [0.3, 0.4) is 0 Å². The minimum Gasteiger partial charge on any atom is -0.508 e. The van der Waals surface area contributed by atoms with Gasteiger partial charge in [0.1, 0.15) is 17.6 Å². The van der Waals surface area contributed by atoms with Gasteiger partial charge in [-0.2, -0.15) is 0 Å². The Morgan fingerprint density at radius 3 is 2.33 bits per heavy atom. The first-order chi connectivity index (χ1) is 14.3. The molecule has 2 aromatic rings. The number of phenolic OH excluding ortho intramolecular Hbond substituents is 1. The Labute approximate surface area is 177 Å². The predicted molar refractivity (Wildman–Crippen MR) is 117 cm³/mol. The highest BCUT2D eigenvalue weighted by atomic mass is 16.3. The molecule has 0 aliphatic heterocycles. The van der Waals surface area contributed by atoms with Gasteiger partial charge in [-0.05, 0) is 42.3 Å². The van der Waals surface area contributed by atoms with Gasteiger partial charge in [0.2, 0.25) is 11.8 Å². The van der Waals surface area contributed by atoms with Gasteiger partial charge in [-0.1, -0.05) is 38.5 Å². The summed E-state index contributed by atoms with van der Waals surface area (Å²) < 4.78 is 0. The maximum absolute atomic E-state index is 12.9. The lowest BCUT2D eigenvalue weighted by Crippen LogP contribution is -2.54. The van der Waals surface area contributed by atoms with Gasteiger partial charge in [-0.3, -0.25) is 9.59 Å². The van der Waals surface area contributed by atoms with E-state index in [0.717, 1.165) is 17.5 Å². The Hall–Kier alpha value is -3.13. The van der Waals surface area contributed by atoms with Crippen molar-refractivity contribution in [3.05, 3.63) is 53.7 Å². The van der Waals surface area contributed by atoms with Gasteiger partial charge in [0.15, 0.2) is 0 Å². The van der Waals surface area contributed by atoms with E-state index in [1.165, 1.54) is 0 Å². The number of amides is 2. The third-order valence-corrected chi connectivity index (χ3v) is 5.13. The van der Waals surface area contributed by atoms with Crippen LogP contribution in [0, 0.1) is 5.92 Å². The van der Waals surface area contributed by atoms with Gasteiger partial charge in [-0.25, -0.2) is 4.98 Å². The molecule has 0 aliphatic carbocycles. The lowest BCUT2D eigenvalue weighted by molar-refractivity contribution is -0.130. The molecule has 2 rings (SSSR count). The molecule has 0 saturated carbocycles. The molecule has 0 saturated heterocycles. The normalized spacial score (nSPS) is 13.8. The molecule has 0 fully saturated rings. The molecule has 162 valence electrons. The van der Waals surface area contributed by atoms with Gasteiger partial charge in [0.05, 0.1) is 6.04 Å². The summed E-state index contributed by atoms with van der Waals surface area (Å²) >= 11 is 0. The second kappa shape index (κ2) is 11.2. The van der Waals surface area contributed by atoms with Crippen molar-refractivity contribution < 1.29 is 14.7 Å². The van der Waals surface area contributed by atoms with Crippen molar-refractivity contribution in [1.29, 1.82) is 0 Å². The third-order valence-electron chi connectivity index (χ3n) is 5.13. The topological polar surface area (TPSA) is 129 Å². The number of likely N-dealkylation sites (N-methyl/N-ethyl adjacent to an activating group) is 1. The molecule has 3 atom stereocenters. The molecule has 6 N–H and O–H groups in total. The molecule has 8 heteroatoms. The summed E-state index contributed by atoms with van der Waals surface area (Å²) in [5.74, 6) is 0.151. The lowest BCUT2D eigenvalue weighted by Gasteiger charge is -2.25. The predicted octanol–water partition coefficient (Wildman–Crippen LogP) is 1.35. The zero-order valence-electron chi connectivity index (χ0n) is 17.7. The molecule has 1 aromatic heterocycles. The number of aromatic hydroxyl groups is 1. The fourth-order valence-electron chi connectivity index (χ4n) is 3.10. The summed E-state index contributed by atoms with van der Waals surface area (Å²) in [5.41, 5.74) is 7.22. The quantitative estimate of drug-likeness (QED) is 0.400. The Bertz CT molecular complexity index is 824. The van der Waals surface area contributed by atoms with Crippen molar-refractivity contribution in [1.82, 2.24) is 20.9 Å². The van der Waals surface area contributed by atoms with Crippen LogP contribution in [0.1, 0.15) is 31.4 Å². The average molecular weight is 414 g/mol. The van der Waals surface area contributed by atoms with Crippen LogP contribution in [0.2, 0.25) is 0 Å². The number of hydrogen-bond donors (Lipinski definition) is 5. The summed E-state index contributed by atoms with van der Waals surface area (Å²) in [6, 6.07) is 8.88. The average Bonchev–Trinajstić information content (AvgIpc) is 2.74. The number of aromatic nitrogens is 1. The summed E-state index contributed by atoms with van der Waals surface area (Å²) in [5, 5.41) is 18.3. The number of carbonyl (C=O) groups excluding carboxylic acids is 2. The van der Waals surface area contributed by atoms with Crippen LogP contribution in [0.4, 0.5) is 5.82 Å². The molecular formula is C22H31N5O3. The molecule has 1 unspecified atom stereocenters. The fraction of sp³-hybridized carbons (Fsp3) is 0.409. The van der Waals surface area contributed by atoms with Crippen LogP contribution in [0.15, 0.2) is 42.6 Å².